The van der Waals surface area contributed by atoms with Crippen LogP contribution in [0, 0.1) is 5.82 Å². The van der Waals surface area contributed by atoms with E-state index in [4.69, 9.17) is 9.15 Å². The molecule has 1 N–H and O–H groups in total. The van der Waals surface area contributed by atoms with Crippen molar-refractivity contribution in [2.45, 2.75) is 6.61 Å². The average molecular weight is 467 g/mol. The topological polar surface area (TPSA) is 63.8 Å². The number of carbonyl (C=O) groups is 1. The standard InChI is InChI=1S/C23H16BrFN2O3/c24-18-7-10-20(29-14-15-5-8-19(25)9-6-15)17(11-18)13-26-27-23(28)22-12-16-3-1-2-4-21(16)30-22/h1-13H,14H2,(H,27,28). The molecule has 0 aliphatic carbocycles. The van der Waals surface area contributed by atoms with E-state index in [1.807, 2.05) is 30.3 Å². The molecule has 7 heteroatoms. The zero-order chi connectivity index (χ0) is 20.9. The SMILES string of the molecule is O=C(NN=Cc1cc(Br)ccc1OCc1ccc(F)cc1)c1cc2ccccc2o1. The lowest BCUT2D eigenvalue weighted by Crippen LogP contribution is -2.16. The van der Waals surface area contributed by atoms with Gasteiger partial charge >= 0.3 is 5.91 Å². The summed E-state index contributed by atoms with van der Waals surface area (Å²) in [6.45, 7) is 0.272. The first-order valence-electron chi connectivity index (χ1n) is 9.07. The Morgan fingerprint density at radius 3 is 2.70 bits per heavy atom. The van der Waals surface area contributed by atoms with Crippen molar-refractivity contribution in [2.75, 3.05) is 0 Å². The van der Waals surface area contributed by atoms with Gasteiger partial charge in [-0.15, -0.1) is 0 Å². The van der Waals surface area contributed by atoms with Crippen molar-refractivity contribution < 1.29 is 18.3 Å². The largest absolute Gasteiger partial charge is 0.488 e. The number of hydrogen-bond acceptors (Lipinski definition) is 4. The number of fused-ring (bicyclic) bond motifs is 1. The number of halogens is 2. The molecule has 0 bridgehead atoms. The van der Waals surface area contributed by atoms with Crippen LogP contribution in [0.5, 0.6) is 5.75 Å². The minimum atomic E-state index is -0.453. The summed E-state index contributed by atoms with van der Waals surface area (Å²) in [7, 11) is 0. The van der Waals surface area contributed by atoms with Crippen LogP contribution in [-0.2, 0) is 6.61 Å². The first-order valence-corrected chi connectivity index (χ1v) is 9.86. The van der Waals surface area contributed by atoms with Crippen molar-refractivity contribution in [1.82, 2.24) is 5.43 Å². The molecule has 0 spiro atoms. The van der Waals surface area contributed by atoms with Gasteiger partial charge in [0.2, 0.25) is 0 Å². The summed E-state index contributed by atoms with van der Waals surface area (Å²) >= 11 is 3.42. The number of ether oxygens (including phenoxy) is 1. The predicted molar refractivity (Wildman–Crippen MR) is 116 cm³/mol. The van der Waals surface area contributed by atoms with Crippen LogP contribution in [-0.4, -0.2) is 12.1 Å². The van der Waals surface area contributed by atoms with Crippen LogP contribution in [0.3, 0.4) is 0 Å². The molecule has 0 atom stereocenters. The Morgan fingerprint density at radius 2 is 1.90 bits per heavy atom. The zero-order valence-corrected chi connectivity index (χ0v) is 17.2. The number of para-hydroxylation sites is 1. The highest BCUT2D eigenvalue weighted by molar-refractivity contribution is 9.10. The summed E-state index contributed by atoms with van der Waals surface area (Å²) in [5.74, 6) is 0.00118. The molecule has 3 aromatic carbocycles. The van der Waals surface area contributed by atoms with Crippen molar-refractivity contribution in [1.29, 1.82) is 0 Å². The molecule has 5 nitrogen and oxygen atoms in total. The van der Waals surface area contributed by atoms with Crippen molar-refractivity contribution in [3.8, 4) is 5.75 Å². The van der Waals surface area contributed by atoms with Gasteiger partial charge in [0.15, 0.2) is 5.76 Å². The van der Waals surface area contributed by atoms with Crippen molar-refractivity contribution in [2.24, 2.45) is 5.10 Å². The molecular weight excluding hydrogens is 451 g/mol. The van der Waals surface area contributed by atoms with Gasteiger partial charge in [0.1, 0.15) is 23.8 Å². The highest BCUT2D eigenvalue weighted by Crippen LogP contribution is 2.23. The van der Waals surface area contributed by atoms with Gasteiger partial charge in [0.05, 0.1) is 6.21 Å². The third-order valence-electron chi connectivity index (χ3n) is 4.30. The molecule has 0 aliphatic rings. The van der Waals surface area contributed by atoms with E-state index in [0.717, 1.165) is 15.4 Å². The Labute approximate surface area is 180 Å². The predicted octanol–water partition coefficient (Wildman–Crippen LogP) is 5.68. The summed E-state index contributed by atoms with van der Waals surface area (Å²) in [5.41, 5.74) is 4.59. The second-order valence-corrected chi connectivity index (χ2v) is 7.36. The van der Waals surface area contributed by atoms with E-state index in [1.54, 1.807) is 30.3 Å². The second kappa shape index (κ2) is 8.92. The van der Waals surface area contributed by atoms with Crippen LogP contribution in [0.2, 0.25) is 0 Å². The Bertz CT molecular complexity index is 1190. The number of hydrogen-bond donors (Lipinski definition) is 1. The third kappa shape index (κ3) is 4.75. The van der Waals surface area contributed by atoms with E-state index in [0.29, 0.717) is 16.9 Å². The quantitative estimate of drug-likeness (QED) is 0.293. The summed E-state index contributed by atoms with van der Waals surface area (Å²) < 4.78 is 25.2. The molecule has 0 unspecified atom stereocenters. The molecule has 0 saturated carbocycles. The fourth-order valence-corrected chi connectivity index (χ4v) is 3.18. The summed E-state index contributed by atoms with van der Waals surface area (Å²) in [6, 6.07) is 20.6. The van der Waals surface area contributed by atoms with Crippen LogP contribution in [0.25, 0.3) is 11.0 Å². The van der Waals surface area contributed by atoms with Crippen LogP contribution in [0.4, 0.5) is 4.39 Å². The number of nitrogens with one attached hydrogen (secondary N) is 1. The van der Waals surface area contributed by atoms with Gasteiger partial charge in [-0.05, 0) is 48.0 Å². The van der Waals surface area contributed by atoms with Crippen LogP contribution < -0.4 is 10.2 Å². The molecular formula is C23H16BrFN2O3. The summed E-state index contributed by atoms with van der Waals surface area (Å²) in [6.07, 6.45) is 1.49. The van der Waals surface area contributed by atoms with Crippen LogP contribution in [0.1, 0.15) is 21.7 Å². The number of benzene rings is 3. The molecule has 150 valence electrons. The number of carbonyl (C=O) groups excluding carboxylic acids is 1. The lowest BCUT2D eigenvalue weighted by atomic mass is 10.2. The monoisotopic (exact) mass is 466 g/mol. The van der Waals surface area contributed by atoms with Gasteiger partial charge in [0.25, 0.3) is 0 Å². The molecule has 1 aromatic heterocycles. The fraction of sp³-hybridized carbons (Fsp3) is 0.0435. The molecule has 4 rings (SSSR count). The van der Waals surface area contributed by atoms with E-state index >= 15 is 0 Å². The van der Waals surface area contributed by atoms with E-state index in [1.165, 1.54) is 18.3 Å². The Morgan fingerprint density at radius 1 is 1.10 bits per heavy atom. The van der Waals surface area contributed by atoms with Gasteiger partial charge in [-0.1, -0.05) is 46.3 Å². The average Bonchev–Trinajstić information content (AvgIpc) is 3.19. The molecule has 0 fully saturated rings. The summed E-state index contributed by atoms with van der Waals surface area (Å²) in [5, 5.41) is 4.86. The molecule has 0 aliphatic heterocycles. The van der Waals surface area contributed by atoms with E-state index < -0.39 is 5.91 Å². The third-order valence-corrected chi connectivity index (χ3v) is 4.79. The Balaban J connectivity index is 1.45. The van der Waals surface area contributed by atoms with Crippen molar-refractivity contribution in [3.63, 3.8) is 0 Å². The second-order valence-electron chi connectivity index (χ2n) is 6.44. The number of hydrazone groups is 1. The highest BCUT2D eigenvalue weighted by Gasteiger charge is 2.11. The molecule has 1 heterocycles. The van der Waals surface area contributed by atoms with Crippen LogP contribution >= 0.6 is 15.9 Å². The normalized spacial score (nSPS) is 11.1. The number of rotatable bonds is 6. The summed E-state index contributed by atoms with van der Waals surface area (Å²) in [4.78, 5) is 12.3. The smallest absolute Gasteiger partial charge is 0.307 e. The zero-order valence-electron chi connectivity index (χ0n) is 15.6. The molecule has 1 amide bonds. The Kier molecular flexibility index (Phi) is 5.90. The molecule has 0 radical (unpaired) electrons. The molecule has 30 heavy (non-hydrogen) atoms. The first kappa shape index (κ1) is 19.8. The lowest BCUT2D eigenvalue weighted by molar-refractivity contribution is 0.0929. The van der Waals surface area contributed by atoms with Gasteiger partial charge in [0, 0.05) is 15.4 Å². The molecule has 4 aromatic rings. The number of furan rings is 1. The van der Waals surface area contributed by atoms with E-state index in [-0.39, 0.29) is 18.2 Å². The van der Waals surface area contributed by atoms with Gasteiger partial charge in [-0.25, -0.2) is 9.82 Å². The van der Waals surface area contributed by atoms with Gasteiger partial charge in [-0.3, -0.25) is 4.79 Å². The number of nitrogens with zero attached hydrogens (tertiary/aromatic N) is 1. The number of amides is 1. The first-order chi connectivity index (χ1) is 14.6. The maximum atomic E-state index is 13.0. The minimum absolute atomic E-state index is 0.176. The van der Waals surface area contributed by atoms with E-state index in [2.05, 4.69) is 26.5 Å². The van der Waals surface area contributed by atoms with Crippen molar-refractivity contribution >= 4 is 39.0 Å². The maximum Gasteiger partial charge on any atom is 0.307 e. The Hall–Kier alpha value is -3.45. The van der Waals surface area contributed by atoms with Gasteiger partial charge in [-0.2, -0.15) is 5.10 Å². The highest BCUT2D eigenvalue weighted by atomic mass is 79.9. The van der Waals surface area contributed by atoms with Crippen molar-refractivity contribution in [3.05, 3.63) is 100.0 Å². The fourth-order valence-electron chi connectivity index (χ4n) is 2.80. The van der Waals surface area contributed by atoms with E-state index in [9.17, 15) is 9.18 Å². The molecule has 0 saturated heterocycles. The minimum Gasteiger partial charge on any atom is -0.488 e. The lowest BCUT2D eigenvalue weighted by Gasteiger charge is -2.09. The maximum absolute atomic E-state index is 13.0. The van der Waals surface area contributed by atoms with Gasteiger partial charge < -0.3 is 9.15 Å². The van der Waals surface area contributed by atoms with Crippen LogP contribution in [0.15, 0.2) is 86.8 Å².